The number of rotatable bonds is 8. The zero-order chi connectivity index (χ0) is 56.8. The molecule has 19 rings (SSSR count). The van der Waals surface area contributed by atoms with E-state index >= 15 is 0 Å². The van der Waals surface area contributed by atoms with Gasteiger partial charge in [-0.1, -0.05) is 170 Å². The summed E-state index contributed by atoms with van der Waals surface area (Å²) in [5, 5.41) is 14.8. The SMILES string of the molecule is c1ccc(-c2c(N(c3ccc4cc5c(cc4c3)oc3cc4cc(N(c6ccc7oc8ccccc8c7c6-c6ccccc6)c6cccc7c6oc6ccccc67)ccc4cc35)c3cccc4c3oc3ccccc34)ccc3oc4ccccc4c23)cc1. The first-order chi connectivity index (χ1) is 43.1. The van der Waals surface area contributed by atoms with Crippen LogP contribution >= 0.6 is 0 Å². The number of benzene rings is 14. The summed E-state index contributed by atoms with van der Waals surface area (Å²) in [4.78, 5) is 4.72. The van der Waals surface area contributed by atoms with Gasteiger partial charge in [-0.05, 0) is 142 Å². The third-order valence-corrected chi connectivity index (χ3v) is 17.8. The molecule has 19 aromatic rings. The van der Waals surface area contributed by atoms with Crippen molar-refractivity contribution >= 4 is 165 Å². The molecule has 14 aromatic carbocycles. The van der Waals surface area contributed by atoms with Gasteiger partial charge in [0.1, 0.15) is 44.7 Å². The summed E-state index contributed by atoms with van der Waals surface area (Å²) < 4.78 is 33.9. The lowest BCUT2D eigenvalue weighted by Gasteiger charge is -2.28. The van der Waals surface area contributed by atoms with Crippen molar-refractivity contribution in [3.63, 3.8) is 0 Å². The third-order valence-electron chi connectivity index (χ3n) is 17.8. The van der Waals surface area contributed by atoms with E-state index in [0.717, 1.165) is 188 Å². The second kappa shape index (κ2) is 18.3. The molecule has 406 valence electrons. The molecule has 0 amide bonds. The first kappa shape index (κ1) is 47.7. The van der Waals surface area contributed by atoms with Crippen LogP contribution in [0.4, 0.5) is 34.1 Å². The Balaban J connectivity index is 0.801. The Morgan fingerprint density at radius 1 is 0.207 bits per heavy atom. The summed E-state index contributed by atoms with van der Waals surface area (Å²) in [6.45, 7) is 0. The highest BCUT2D eigenvalue weighted by atomic mass is 16.3. The maximum atomic E-state index is 7.03. The standard InChI is InChI=1S/C80H46N2O5/c1-3-17-47(18-4-1)75-63(37-39-71-77(75)59-23-9-13-31-69(59)83-71)81(65-27-15-25-57-55-21-7-11-29-67(55)86-79(57)65)53-35-33-49-43-61-62-44-50-34-36-54(42-52(50)46-74(62)85-73(61)45-51(49)41-53)82(66-28-16-26-58-56-22-8-12-30-68(56)87-80(58)66)64-38-40-72-78(60-24-10-14-32-70(60)84-72)76(64)48-19-5-2-6-20-48/h1-46H. The molecule has 0 spiro atoms. The van der Waals surface area contributed by atoms with E-state index in [1.54, 1.807) is 0 Å². The molecular weight excluding hydrogens is 1070 g/mol. The molecule has 5 heterocycles. The van der Waals surface area contributed by atoms with Crippen molar-refractivity contribution in [1.82, 2.24) is 0 Å². The summed E-state index contributed by atoms with van der Waals surface area (Å²) >= 11 is 0. The van der Waals surface area contributed by atoms with Crippen LogP contribution in [-0.2, 0) is 0 Å². The number of anilines is 6. The Morgan fingerprint density at radius 2 is 0.586 bits per heavy atom. The molecule has 0 radical (unpaired) electrons. The van der Waals surface area contributed by atoms with Crippen molar-refractivity contribution in [1.29, 1.82) is 0 Å². The largest absolute Gasteiger partial charge is 0.456 e. The Labute approximate surface area is 495 Å². The monoisotopic (exact) mass is 1110 g/mol. The summed E-state index contributed by atoms with van der Waals surface area (Å²) in [6, 6.07) is 98.5. The highest BCUT2D eigenvalue weighted by Gasteiger charge is 2.28. The van der Waals surface area contributed by atoms with Crippen molar-refractivity contribution < 1.29 is 22.1 Å². The smallest absolute Gasteiger partial charge is 0.159 e. The van der Waals surface area contributed by atoms with E-state index in [4.69, 9.17) is 22.1 Å². The van der Waals surface area contributed by atoms with Gasteiger partial charge in [0, 0.05) is 76.4 Å². The fraction of sp³-hybridized carbons (Fsp3) is 0. The minimum atomic E-state index is 0.803. The molecule has 0 unspecified atom stereocenters. The molecule has 0 aliphatic rings. The minimum Gasteiger partial charge on any atom is -0.456 e. The lowest BCUT2D eigenvalue weighted by atomic mass is 9.95. The van der Waals surface area contributed by atoms with Gasteiger partial charge in [-0.25, -0.2) is 0 Å². The maximum Gasteiger partial charge on any atom is 0.159 e. The minimum absolute atomic E-state index is 0.803. The number of hydrogen-bond acceptors (Lipinski definition) is 7. The van der Waals surface area contributed by atoms with Crippen molar-refractivity contribution in [2.24, 2.45) is 0 Å². The molecule has 5 aromatic heterocycles. The number of fused-ring (bicyclic) bond motifs is 17. The van der Waals surface area contributed by atoms with Crippen LogP contribution in [0.1, 0.15) is 0 Å². The van der Waals surface area contributed by atoms with Crippen LogP contribution in [0, 0.1) is 0 Å². The van der Waals surface area contributed by atoms with Crippen molar-refractivity contribution in [3.8, 4) is 22.3 Å². The molecule has 7 heteroatoms. The molecule has 0 aliphatic carbocycles. The number of nitrogens with zero attached hydrogens (tertiary/aromatic N) is 2. The molecule has 7 nitrogen and oxygen atoms in total. The third kappa shape index (κ3) is 7.17. The number of hydrogen-bond donors (Lipinski definition) is 0. The summed E-state index contributed by atoms with van der Waals surface area (Å²) in [5.74, 6) is 0. The lowest BCUT2D eigenvalue weighted by molar-refractivity contribution is 0.668. The molecule has 0 saturated heterocycles. The van der Waals surface area contributed by atoms with E-state index < -0.39 is 0 Å². The Kier molecular flexibility index (Phi) is 10.1. The second-order valence-corrected chi connectivity index (χ2v) is 22.6. The lowest BCUT2D eigenvalue weighted by Crippen LogP contribution is -2.11. The van der Waals surface area contributed by atoms with Gasteiger partial charge in [-0.3, -0.25) is 0 Å². The normalized spacial score (nSPS) is 12.1. The van der Waals surface area contributed by atoms with Gasteiger partial charge < -0.3 is 31.9 Å². The molecule has 0 fully saturated rings. The average molecular weight is 1120 g/mol. The second-order valence-electron chi connectivity index (χ2n) is 22.6. The average Bonchev–Trinajstić information content (AvgIpc) is 2.15. The summed E-state index contributed by atoms with van der Waals surface area (Å²) in [7, 11) is 0. The van der Waals surface area contributed by atoms with Crippen molar-refractivity contribution in [2.45, 2.75) is 0 Å². The molecule has 0 aliphatic heterocycles. The van der Waals surface area contributed by atoms with Crippen LogP contribution in [0.15, 0.2) is 301 Å². The van der Waals surface area contributed by atoms with Crippen molar-refractivity contribution in [3.05, 3.63) is 279 Å². The zero-order valence-corrected chi connectivity index (χ0v) is 46.5. The van der Waals surface area contributed by atoms with Crippen LogP contribution in [0.25, 0.3) is 153 Å². The maximum absolute atomic E-state index is 7.03. The highest BCUT2D eigenvalue weighted by molar-refractivity contribution is 6.21. The van der Waals surface area contributed by atoms with Gasteiger partial charge in [-0.15, -0.1) is 0 Å². The van der Waals surface area contributed by atoms with Crippen molar-refractivity contribution in [2.75, 3.05) is 9.80 Å². The first-order valence-corrected chi connectivity index (χ1v) is 29.4. The Hall–Kier alpha value is -11.8. The molecular formula is C80H46N2O5. The Bertz CT molecular complexity index is 5670. The quantitative estimate of drug-likeness (QED) is 0.150. The van der Waals surface area contributed by atoms with Gasteiger partial charge >= 0.3 is 0 Å². The molecule has 0 saturated carbocycles. The van der Waals surface area contributed by atoms with Crippen LogP contribution in [0.5, 0.6) is 0 Å². The van der Waals surface area contributed by atoms with Crippen LogP contribution in [0.3, 0.4) is 0 Å². The highest BCUT2D eigenvalue weighted by Crippen LogP contribution is 2.53. The number of para-hydroxylation sites is 6. The van der Waals surface area contributed by atoms with Gasteiger partial charge in [0.25, 0.3) is 0 Å². The molecule has 0 bridgehead atoms. The fourth-order valence-electron chi connectivity index (χ4n) is 13.9. The van der Waals surface area contributed by atoms with E-state index in [2.05, 4.69) is 240 Å². The molecule has 0 atom stereocenters. The fourth-order valence-corrected chi connectivity index (χ4v) is 13.9. The van der Waals surface area contributed by atoms with E-state index in [1.165, 1.54) is 0 Å². The predicted octanol–water partition coefficient (Wildman–Crippen LogP) is 23.8. The number of furan rings is 5. The molecule has 0 N–H and O–H groups in total. The van der Waals surface area contributed by atoms with E-state index in [9.17, 15) is 0 Å². The van der Waals surface area contributed by atoms with Crippen LogP contribution in [0.2, 0.25) is 0 Å². The van der Waals surface area contributed by atoms with Gasteiger partial charge in [0.05, 0.1) is 22.7 Å². The predicted molar refractivity (Wildman–Crippen MR) is 358 cm³/mol. The molecule has 87 heavy (non-hydrogen) atoms. The zero-order valence-electron chi connectivity index (χ0n) is 46.5. The van der Waals surface area contributed by atoms with Crippen LogP contribution in [-0.4, -0.2) is 0 Å². The summed E-state index contributed by atoms with van der Waals surface area (Å²) in [5.41, 5.74) is 18.3. The van der Waals surface area contributed by atoms with E-state index in [-0.39, 0.29) is 0 Å². The summed E-state index contributed by atoms with van der Waals surface area (Å²) in [6.07, 6.45) is 0. The first-order valence-electron chi connectivity index (χ1n) is 29.4. The Morgan fingerprint density at radius 3 is 1.03 bits per heavy atom. The topological polar surface area (TPSA) is 72.2 Å². The van der Waals surface area contributed by atoms with Crippen LogP contribution < -0.4 is 9.80 Å². The van der Waals surface area contributed by atoms with E-state index in [1.807, 2.05) is 48.5 Å². The van der Waals surface area contributed by atoms with E-state index in [0.29, 0.717) is 0 Å². The van der Waals surface area contributed by atoms with Gasteiger partial charge in [-0.2, -0.15) is 0 Å². The van der Waals surface area contributed by atoms with Gasteiger partial charge in [0.15, 0.2) is 11.2 Å². The van der Waals surface area contributed by atoms with Gasteiger partial charge in [0.2, 0.25) is 0 Å².